The van der Waals surface area contributed by atoms with Crippen molar-refractivity contribution in [3.05, 3.63) is 16.8 Å². The maximum absolute atomic E-state index is 11.5. The highest BCUT2D eigenvalue weighted by Crippen LogP contribution is 2.30. The molecule has 0 radical (unpaired) electrons. The molecule has 2 rings (SSSR count). The Morgan fingerprint density at radius 3 is 3.06 bits per heavy atom. The third kappa shape index (κ3) is 1.71. The van der Waals surface area contributed by atoms with Crippen LogP contribution >= 0.6 is 11.3 Å². The number of esters is 1. The Kier molecular flexibility index (Phi) is 2.74. The van der Waals surface area contributed by atoms with Gasteiger partial charge in [0.15, 0.2) is 5.75 Å². The van der Waals surface area contributed by atoms with Crippen molar-refractivity contribution in [2.75, 3.05) is 6.61 Å². The molecule has 0 atom stereocenters. The molecule has 16 heavy (non-hydrogen) atoms. The fraction of sp³-hybridized carbons (Fsp3) is 0.300. The fourth-order valence-corrected chi connectivity index (χ4v) is 2.09. The van der Waals surface area contributed by atoms with Crippen molar-refractivity contribution in [2.24, 2.45) is 0 Å². The maximum Gasteiger partial charge on any atom is 0.343 e. The summed E-state index contributed by atoms with van der Waals surface area (Å²) in [6, 6.07) is 0. The average Bonchev–Trinajstić information content (AvgIpc) is 2.60. The molecule has 0 amide bonds. The van der Waals surface area contributed by atoms with Crippen LogP contribution in [0.4, 0.5) is 0 Å². The molecule has 0 saturated carbocycles. The number of thiazole rings is 1. The number of carbonyl (C=O) groups excluding carboxylic acids is 1. The lowest BCUT2D eigenvalue weighted by molar-refractivity contribution is 0.0523. The standard InChI is InChI=1S/C10H10N2O3S/c1-3-15-10(14)6-4-11-9-7(8(6)13)12-5(2)16-9/h4H,3H2,1-2H3,(H,11,13). The van der Waals surface area contributed by atoms with E-state index in [1.165, 1.54) is 17.5 Å². The maximum atomic E-state index is 11.5. The van der Waals surface area contributed by atoms with Gasteiger partial charge in [0.1, 0.15) is 15.9 Å². The van der Waals surface area contributed by atoms with Crippen molar-refractivity contribution in [3.8, 4) is 5.75 Å². The van der Waals surface area contributed by atoms with Crippen molar-refractivity contribution in [1.29, 1.82) is 0 Å². The van der Waals surface area contributed by atoms with Gasteiger partial charge in [0.05, 0.1) is 11.6 Å². The minimum absolute atomic E-state index is 0.0552. The molecule has 0 aliphatic rings. The molecule has 5 nitrogen and oxygen atoms in total. The van der Waals surface area contributed by atoms with Gasteiger partial charge in [-0.3, -0.25) is 0 Å². The lowest BCUT2D eigenvalue weighted by atomic mass is 10.2. The van der Waals surface area contributed by atoms with Crippen LogP contribution in [0, 0.1) is 6.92 Å². The first-order chi connectivity index (χ1) is 7.63. The molecule has 2 heterocycles. The third-order valence-electron chi connectivity index (χ3n) is 2.00. The molecule has 0 aliphatic carbocycles. The Morgan fingerprint density at radius 2 is 2.38 bits per heavy atom. The van der Waals surface area contributed by atoms with E-state index in [4.69, 9.17) is 4.74 Å². The fourth-order valence-electron chi connectivity index (χ4n) is 1.33. The molecule has 0 unspecified atom stereocenters. The molecular weight excluding hydrogens is 228 g/mol. The highest BCUT2D eigenvalue weighted by atomic mass is 32.1. The summed E-state index contributed by atoms with van der Waals surface area (Å²) in [5.41, 5.74) is 0.410. The Hall–Kier alpha value is -1.69. The smallest absolute Gasteiger partial charge is 0.343 e. The van der Waals surface area contributed by atoms with Crippen LogP contribution in [-0.4, -0.2) is 27.7 Å². The number of rotatable bonds is 2. The molecule has 0 bridgehead atoms. The number of pyridine rings is 1. The minimum Gasteiger partial charge on any atom is -0.505 e. The van der Waals surface area contributed by atoms with Gasteiger partial charge in [-0.2, -0.15) is 0 Å². The van der Waals surface area contributed by atoms with Gasteiger partial charge < -0.3 is 9.84 Å². The first-order valence-electron chi connectivity index (χ1n) is 4.75. The Balaban J connectivity index is 2.55. The van der Waals surface area contributed by atoms with Crippen molar-refractivity contribution in [1.82, 2.24) is 9.97 Å². The van der Waals surface area contributed by atoms with Crippen molar-refractivity contribution in [3.63, 3.8) is 0 Å². The predicted octanol–water partition coefficient (Wildman–Crippen LogP) is 1.88. The number of hydrogen-bond acceptors (Lipinski definition) is 6. The van der Waals surface area contributed by atoms with E-state index < -0.39 is 5.97 Å². The molecule has 0 fully saturated rings. The summed E-state index contributed by atoms with van der Waals surface area (Å²) < 4.78 is 4.80. The van der Waals surface area contributed by atoms with E-state index in [9.17, 15) is 9.90 Å². The summed E-state index contributed by atoms with van der Waals surface area (Å²) >= 11 is 1.37. The first-order valence-corrected chi connectivity index (χ1v) is 5.57. The normalized spacial score (nSPS) is 10.6. The van der Waals surface area contributed by atoms with Gasteiger partial charge >= 0.3 is 5.97 Å². The van der Waals surface area contributed by atoms with Crippen LogP contribution in [-0.2, 0) is 4.74 Å². The largest absolute Gasteiger partial charge is 0.505 e. The Bertz CT molecular complexity index is 550. The quantitative estimate of drug-likeness (QED) is 0.809. The summed E-state index contributed by atoms with van der Waals surface area (Å²) in [4.78, 5) is 20.3. The summed E-state index contributed by atoms with van der Waals surface area (Å²) in [5.74, 6) is -0.743. The molecule has 0 aromatic carbocycles. The van der Waals surface area contributed by atoms with Gasteiger partial charge in [-0.05, 0) is 13.8 Å². The summed E-state index contributed by atoms with van der Waals surface area (Å²) in [6.45, 7) is 3.77. The van der Waals surface area contributed by atoms with E-state index in [2.05, 4.69) is 9.97 Å². The third-order valence-corrected chi connectivity index (χ3v) is 2.88. The van der Waals surface area contributed by atoms with Gasteiger partial charge in [-0.15, -0.1) is 0 Å². The summed E-state index contributed by atoms with van der Waals surface area (Å²) in [6.07, 6.45) is 1.31. The highest BCUT2D eigenvalue weighted by molar-refractivity contribution is 7.18. The highest BCUT2D eigenvalue weighted by Gasteiger charge is 2.17. The van der Waals surface area contributed by atoms with Crippen molar-refractivity contribution in [2.45, 2.75) is 13.8 Å². The predicted molar refractivity (Wildman–Crippen MR) is 59.8 cm³/mol. The van der Waals surface area contributed by atoms with Gasteiger partial charge in [0.25, 0.3) is 0 Å². The number of aryl methyl sites for hydroxylation is 1. The number of aromatic hydroxyl groups is 1. The van der Waals surface area contributed by atoms with Gasteiger partial charge in [-0.1, -0.05) is 11.3 Å². The molecule has 2 aromatic heterocycles. The number of fused-ring (bicyclic) bond motifs is 1. The zero-order valence-corrected chi connectivity index (χ0v) is 9.67. The number of aromatic nitrogens is 2. The van der Waals surface area contributed by atoms with Crippen LogP contribution in [0.2, 0.25) is 0 Å². The summed E-state index contributed by atoms with van der Waals surface area (Å²) in [7, 11) is 0. The van der Waals surface area contributed by atoms with Gasteiger partial charge in [-0.25, -0.2) is 14.8 Å². The number of ether oxygens (including phenoxy) is 1. The Morgan fingerprint density at radius 1 is 1.62 bits per heavy atom. The molecule has 2 aromatic rings. The molecule has 0 saturated heterocycles. The molecule has 6 heteroatoms. The van der Waals surface area contributed by atoms with Crippen LogP contribution in [0.3, 0.4) is 0 Å². The monoisotopic (exact) mass is 238 g/mol. The number of hydrogen-bond donors (Lipinski definition) is 1. The topological polar surface area (TPSA) is 72.3 Å². The SMILES string of the molecule is CCOC(=O)c1cnc2sc(C)nc2c1O. The summed E-state index contributed by atoms with van der Waals surface area (Å²) in [5, 5.41) is 10.7. The van der Waals surface area contributed by atoms with Crippen molar-refractivity contribution >= 4 is 27.7 Å². The lowest BCUT2D eigenvalue weighted by Gasteiger charge is -2.03. The van der Waals surface area contributed by atoms with E-state index in [0.717, 1.165) is 5.01 Å². The van der Waals surface area contributed by atoms with Crippen LogP contribution in [0.1, 0.15) is 22.3 Å². The average molecular weight is 238 g/mol. The molecular formula is C10H10N2O3S. The zero-order chi connectivity index (χ0) is 11.7. The van der Waals surface area contributed by atoms with Crippen LogP contribution in [0.5, 0.6) is 5.75 Å². The van der Waals surface area contributed by atoms with E-state index >= 15 is 0 Å². The second-order valence-electron chi connectivity index (χ2n) is 3.13. The number of carbonyl (C=O) groups is 1. The van der Waals surface area contributed by atoms with Crippen molar-refractivity contribution < 1.29 is 14.6 Å². The Labute approximate surface area is 95.7 Å². The molecule has 84 valence electrons. The minimum atomic E-state index is -0.583. The second kappa shape index (κ2) is 4.05. The van der Waals surface area contributed by atoms with E-state index in [0.29, 0.717) is 10.3 Å². The lowest BCUT2D eigenvalue weighted by Crippen LogP contribution is -2.05. The van der Waals surface area contributed by atoms with E-state index in [1.807, 2.05) is 6.92 Å². The number of nitrogens with zero attached hydrogens (tertiary/aromatic N) is 2. The first kappa shape index (κ1) is 10.8. The van der Waals surface area contributed by atoms with E-state index in [1.54, 1.807) is 6.92 Å². The molecule has 0 aliphatic heterocycles. The van der Waals surface area contributed by atoms with Crippen LogP contribution in [0.25, 0.3) is 10.3 Å². The second-order valence-corrected chi connectivity index (χ2v) is 4.31. The van der Waals surface area contributed by atoms with Crippen LogP contribution in [0.15, 0.2) is 6.20 Å². The zero-order valence-electron chi connectivity index (χ0n) is 8.85. The molecule has 1 N–H and O–H groups in total. The van der Waals surface area contributed by atoms with Gasteiger partial charge in [0, 0.05) is 6.20 Å². The van der Waals surface area contributed by atoms with Crippen LogP contribution < -0.4 is 0 Å². The van der Waals surface area contributed by atoms with Gasteiger partial charge in [0.2, 0.25) is 0 Å². The molecule has 0 spiro atoms. The van der Waals surface area contributed by atoms with E-state index in [-0.39, 0.29) is 17.9 Å².